The molecule has 0 heterocycles. The van der Waals surface area contributed by atoms with Crippen LogP contribution in [0.4, 0.5) is 17.6 Å². The Morgan fingerprint density at radius 1 is 0.833 bits per heavy atom. The molecule has 0 nitrogen and oxygen atoms in total. The zero-order valence-corrected chi connectivity index (χ0v) is 21.0. The van der Waals surface area contributed by atoms with Gasteiger partial charge < -0.3 is 0 Å². The summed E-state index contributed by atoms with van der Waals surface area (Å²) in [5, 5.41) is 0. The molecule has 0 radical (unpaired) electrons. The zero-order chi connectivity index (χ0) is 25.7. The lowest BCUT2D eigenvalue weighted by molar-refractivity contribution is 0.350. The van der Waals surface area contributed by atoms with Crippen molar-refractivity contribution in [3.8, 4) is 0 Å². The van der Waals surface area contributed by atoms with E-state index < -0.39 is 29.2 Å². The summed E-state index contributed by atoms with van der Waals surface area (Å²) in [5.74, 6) is -3.78. The van der Waals surface area contributed by atoms with Crippen LogP contribution in [0.25, 0.3) is 11.6 Å². The minimum atomic E-state index is -0.800. The van der Waals surface area contributed by atoms with E-state index in [-0.39, 0.29) is 23.0 Å². The van der Waals surface area contributed by atoms with E-state index in [9.17, 15) is 17.6 Å². The van der Waals surface area contributed by atoms with Crippen LogP contribution in [-0.2, 0) is 0 Å². The molecular formula is C32H34F4. The van der Waals surface area contributed by atoms with Crippen LogP contribution in [-0.4, -0.2) is 0 Å². The standard InChI is InChI=1S/C32H34F4/c1-3-5-6-25-17-19-27(31(35)29(25)33)24-14-9-22(10-15-24)11-16-26-18-20-28(32(36)30(26)34)23-12-7-21(4-2)8-13-23/h7-12,14-16,18-19,23,25,28H,3-6,13,17,20H2,1-2H3/b16-11+/t23-,25?,28?/m1/s1. The van der Waals surface area contributed by atoms with Crippen LogP contribution in [0.15, 0.2) is 95.2 Å². The molecule has 0 aliphatic heterocycles. The highest BCUT2D eigenvalue weighted by molar-refractivity contribution is 5.79. The molecule has 36 heavy (non-hydrogen) atoms. The Labute approximate surface area is 212 Å². The Kier molecular flexibility index (Phi) is 8.66. The van der Waals surface area contributed by atoms with Gasteiger partial charge in [-0.25, -0.2) is 17.6 Å². The Morgan fingerprint density at radius 3 is 2.28 bits per heavy atom. The number of rotatable bonds is 8. The SMILES string of the molecule is CCCCC1CC=C(c2ccc(/C=C/C3=CCC([C@@H]4C=CC(CC)=CC4)C(F)=C3F)cc2)C(F)=C1F. The topological polar surface area (TPSA) is 0 Å². The predicted octanol–water partition coefficient (Wildman–Crippen LogP) is 10.5. The maximum absolute atomic E-state index is 14.9. The van der Waals surface area contributed by atoms with Crippen molar-refractivity contribution in [1.29, 1.82) is 0 Å². The monoisotopic (exact) mass is 494 g/mol. The fourth-order valence-electron chi connectivity index (χ4n) is 5.15. The lowest BCUT2D eigenvalue weighted by atomic mass is 9.79. The summed E-state index contributed by atoms with van der Waals surface area (Å²) in [6.07, 6.45) is 18.0. The first-order valence-corrected chi connectivity index (χ1v) is 13.1. The van der Waals surface area contributed by atoms with Gasteiger partial charge in [0.05, 0.1) is 0 Å². The highest BCUT2D eigenvalue weighted by Gasteiger charge is 2.30. The van der Waals surface area contributed by atoms with Gasteiger partial charge in [0.25, 0.3) is 0 Å². The summed E-state index contributed by atoms with van der Waals surface area (Å²) in [6.45, 7) is 4.12. The number of halogens is 4. The Bertz CT molecular complexity index is 1170. The molecule has 4 rings (SSSR count). The first-order chi connectivity index (χ1) is 17.4. The number of allylic oxidation sites excluding steroid dienone is 13. The van der Waals surface area contributed by atoms with Gasteiger partial charge in [0.15, 0.2) is 11.7 Å². The van der Waals surface area contributed by atoms with Crippen molar-refractivity contribution in [3.63, 3.8) is 0 Å². The molecule has 4 heteroatoms. The second-order valence-electron chi connectivity index (χ2n) is 9.86. The van der Waals surface area contributed by atoms with Crippen molar-refractivity contribution in [3.05, 3.63) is 106 Å². The summed E-state index contributed by atoms with van der Waals surface area (Å²) in [6, 6.07) is 7.01. The van der Waals surface area contributed by atoms with Crippen molar-refractivity contribution in [2.45, 2.75) is 58.8 Å². The zero-order valence-electron chi connectivity index (χ0n) is 21.0. The molecule has 1 aromatic carbocycles. The van der Waals surface area contributed by atoms with Crippen molar-refractivity contribution in [2.24, 2.45) is 17.8 Å². The summed E-state index contributed by atoms with van der Waals surface area (Å²) in [4.78, 5) is 0. The third-order valence-corrected chi connectivity index (χ3v) is 7.51. The summed E-state index contributed by atoms with van der Waals surface area (Å²) in [7, 11) is 0. The molecule has 3 atom stereocenters. The number of unbranched alkanes of at least 4 members (excludes halogenated alkanes) is 1. The average molecular weight is 495 g/mol. The van der Waals surface area contributed by atoms with Gasteiger partial charge in [0, 0.05) is 23.0 Å². The van der Waals surface area contributed by atoms with E-state index in [0.29, 0.717) is 24.8 Å². The minimum Gasteiger partial charge on any atom is -0.208 e. The summed E-state index contributed by atoms with van der Waals surface area (Å²) >= 11 is 0. The molecule has 3 aliphatic carbocycles. The molecule has 0 fully saturated rings. The quantitative estimate of drug-likeness (QED) is 0.315. The van der Waals surface area contributed by atoms with Crippen LogP contribution in [0.2, 0.25) is 0 Å². The highest BCUT2D eigenvalue weighted by atomic mass is 19.2. The molecule has 0 spiro atoms. The van der Waals surface area contributed by atoms with Gasteiger partial charge in [-0.3, -0.25) is 0 Å². The molecule has 1 aromatic rings. The van der Waals surface area contributed by atoms with Gasteiger partial charge in [-0.2, -0.15) is 0 Å². The van der Waals surface area contributed by atoms with Gasteiger partial charge >= 0.3 is 0 Å². The van der Waals surface area contributed by atoms with Crippen LogP contribution >= 0.6 is 0 Å². The Morgan fingerprint density at radius 2 is 1.61 bits per heavy atom. The van der Waals surface area contributed by atoms with Crippen molar-refractivity contribution < 1.29 is 17.6 Å². The van der Waals surface area contributed by atoms with Crippen molar-refractivity contribution in [2.75, 3.05) is 0 Å². The largest absolute Gasteiger partial charge is 0.208 e. The van der Waals surface area contributed by atoms with Gasteiger partial charge in [0.2, 0.25) is 0 Å². The van der Waals surface area contributed by atoms with Gasteiger partial charge in [-0.1, -0.05) is 99.1 Å². The fourth-order valence-corrected chi connectivity index (χ4v) is 5.15. The molecule has 0 saturated carbocycles. The van der Waals surface area contributed by atoms with E-state index in [1.165, 1.54) is 5.57 Å². The van der Waals surface area contributed by atoms with Gasteiger partial charge in [-0.05, 0) is 49.1 Å². The average Bonchev–Trinajstić information content (AvgIpc) is 2.91. The van der Waals surface area contributed by atoms with Crippen LogP contribution in [0.5, 0.6) is 0 Å². The molecule has 0 N–H and O–H groups in total. The normalized spacial score (nSPS) is 24.8. The minimum absolute atomic E-state index is 0.0318. The number of hydrogen-bond donors (Lipinski definition) is 0. The van der Waals surface area contributed by atoms with E-state index in [1.807, 2.05) is 19.1 Å². The van der Waals surface area contributed by atoms with E-state index in [4.69, 9.17) is 0 Å². The third-order valence-electron chi connectivity index (χ3n) is 7.51. The van der Waals surface area contributed by atoms with Crippen molar-refractivity contribution in [1.82, 2.24) is 0 Å². The molecule has 0 amide bonds. The molecule has 190 valence electrons. The van der Waals surface area contributed by atoms with E-state index in [0.717, 1.165) is 31.2 Å². The second kappa shape index (κ2) is 11.9. The maximum Gasteiger partial charge on any atom is 0.162 e. The van der Waals surface area contributed by atoms with E-state index >= 15 is 0 Å². The smallest absolute Gasteiger partial charge is 0.162 e. The fraction of sp³-hybridized carbons (Fsp3) is 0.375. The van der Waals surface area contributed by atoms with Gasteiger partial charge in [-0.15, -0.1) is 0 Å². The summed E-state index contributed by atoms with van der Waals surface area (Å²) < 4.78 is 59.0. The Hall–Kier alpha value is -2.88. The highest BCUT2D eigenvalue weighted by Crippen LogP contribution is 2.41. The van der Waals surface area contributed by atoms with Crippen LogP contribution < -0.4 is 0 Å². The first-order valence-electron chi connectivity index (χ1n) is 13.1. The molecule has 2 unspecified atom stereocenters. The lowest BCUT2D eigenvalue weighted by Crippen LogP contribution is -2.18. The molecule has 3 aliphatic rings. The molecular weight excluding hydrogens is 460 g/mol. The molecule has 0 bridgehead atoms. The van der Waals surface area contributed by atoms with Crippen LogP contribution in [0, 0.1) is 17.8 Å². The van der Waals surface area contributed by atoms with E-state index in [2.05, 4.69) is 13.0 Å². The first kappa shape index (κ1) is 26.2. The predicted molar refractivity (Wildman–Crippen MR) is 141 cm³/mol. The number of benzene rings is 1. The van der Waals surface area contributed by atoms with Crippen LogP contribution in [0.1, 0.15) is 69.9 Å². The number of hydrogen-bond acceptors (Lipinski definition) is 0. The third kappa shape index (κ3) is 5.74. The summed E-state index contributed by atoms with van der Waals surface area (Å²) in [5.41, 5.74) is 3.12. The van der Waals surface area contributed by atoms with Crippen LogP contribution in [0.3, 0.4) is 0 Å². The second-order valence-corrected chi connectivity index (χ2v) is 9.86. The van der Waals surface area contributed by atoms with E-state index in [1.54, 1.807) is 48.6 Å². The Balaban J connectivity index is 1.41. The maximum atomic E-state index is 14.9. The molecule has 0 aromatic heterocycles. The molecule has 0 saturated heterocycles. The lowest BCUT2D eigenvalue weighted by Gasteiger charge is -2.27. The van der Waals surface area contributed by atoms with Crippen molar-refractivity contribution >= 4 is 11.6 Å². The van der Waals surface area contributed by atoms with Gasteiger partial charge in [0.1, 0.15) is 11.7 Å².